The molecular weight excluding hydrogens is 488 g/mol. The van der Waals surface area contributed by atoms with Crippen LogP contribution in [0.4, 0.5) is 0 Å². The molecule has 1 saturated heterocycles. The number of allylic oxidation sites excluding steroid dienone is 4. The molecule has 0 aromatic carbocycles. The number of esters is 1. The minimum atomic E-state index is -1.13. The summed E-state index contributed by atoms with van der Waals surface area (Å²) < 4.78 is 17.8. The summed E-state index contributed by atoms with van der Waals surface area (Å²) >= 11 is 0. The fraction of sp³-hybridized carbons (Fsp3) is 0.600. The van der Waals surface area contributed by atoms with Crippen molar-refractivity contribution in [2.45, 2.75) is 97.1 Å². The predicted octanol–water partition coefficient (Wildman–Crippen LogP) is 3.37. The summed E-state index contributed by atoms with van der Waals surface area (Å²) in [7, 11) is 1.61. The van der Waals surface area contributed by atoms with Crippen LogP contribution in [-0.4, -0.2) is 76.9 Å². The molecule has 0 amide bonds. The van der Waals surface area contributed by atoms with E-state index in [-0.39, 0.29) is 29.5 Å². The van der Waals surface area contributed by atoms with Crippen LogP contribution in [-0.2, 0) is 23.8 Å². The Bertz CT molecular complexity index is 973. The SMILES string of the molecule is CO[C@H]1C[C@H]2O[C@H]1/C=C(/C)[C@H](O)C/C=C\C=C(\C)C(=O)[C@@H](C)/C=C(/C)C(=O)O[C@H](/C=C/[C@@H](O)[C@H](C)O)[C@@H]2C. The van der Waals surface area contributed by atoms with E-state index in [1.807, 2.05) is 26.0 Å². The van der Waals surface area contributed by atoms with Crippen LogP contribution in [0.5, 0.6) is 0 Å². The van der Waals surface area contributed by atoms with Crippen LogP contribution in [0.15, 0.2) is 59.3 Å². The Labute approximate surface area is 226 Å². The number of cyclic esters (lactones) is 1. The second-order valence-corrected chi connectivity index (χ2v) is 10.4. The van der Waals surface area contributed by atoms with Crippen molar-refractivity contribution in [3.8, 4) is 0 Å². The Morgan fingerprint density at radius 1 is 1.11 bits per heavy atom. The number of methoxy groups -OCH3 is 1. The Balaban J connectivity index is 2.48. The molecule has 0 unspecified atom stereocenters. The van der Waals surface area contributed by atoms with Crippen molar-refractivity contribution in [3.05, 3.63) is 59.3 Å². The van der Waals surface area contributed by atoms with Crippen molar-refractivity contribution < 1.29 is 39.1 Å². The molecule has 38 heavy (non-hydrogen) atoms. The van der Waals surface area contributed by atoms with E-state index in [4.69, 9.17) is 14.2 Å². The number of hydrogen-bond acceptors (Lipinski definition) is 8. The summed E-state index contributed by atoms with van der Waals surface area (Å²) in [6.45, 7) is 10.2. The van der Waals surface area contributed by atoms with Gasteiger partial charge in [0.2, 0.25) is 0 Å². The maximum atomic E-state index is 13.0. The number of ketones is 1. The summed E-state index contributed by atoms with van der Waals surface area (Å²) in [4.78, 5) is 25.9. The molecule has 0 aromatic rings. The maximum absolute atomic E-state index is 13.0. The highest BCUT2D eigenvalue weighted by atomic mass is 16.6. The zero-order chi connectivity index (χ0) is 28.6. The minimum absolute atomic E-state index is 0.127. The summed E-state index contributed by atoms with van der Waals surface area (Å²) in [5.41, 5.74) is 1.55. The van der Waals surface area contributed by atoms with Gasteiger partial charge < -0.3 is 29.5 Å². The lowest BCUT2D eigenvalue weighted by Crippen LogP contribution is -2.33. The van der Waals surface area contributed by atoms with Gasteiger partial charge in [0.05, 0.1) is 30.5 Å². The largest absolute Gasteiger partial charge is 0.454 e. The first-order valence-electron chi connectivity index (χ1n) is 13.2. The van der Waals surface area contributed by atoms with Crippen molar-refractivity contribution in [3.63, 3.8) is 0 Å². The lowest BCUT2D eigenvalue weighted by molar-refractivity contribution is -0.146. The second-order valence-electron chi connectivity index (χ2n) is 10.4. The molecule has 0 aliphatic carbocycles. The molecule has 2 aliphatic heterocycles. The summed E-state index contributed by atoms with van der Waals surface area (Å²) in [5, 5.41) is 30.5. The molecule has 0 aromatic heterocycles. The zero-order valence-corrected chi connectivity index (χ0v) is 23.5. The van der Waals surface area contributed by atoms with Gasteiger partial charge in [-0.15, -0.1) is 0 Å². The highest BCUT2D eigenvalue weighted by Crippen LogP contribution is 2.32. The van der Waals surface area contributed by atoms with Crippen LogP contribution in [0.25, 0.3) is 0 Å². The van der Waals surface area contributed by atoms with Crippen LogP contribution in [0.3, 0.4) is 0 Å². The summed E-state index contributed by atoms with van der Waals surface area (Å²) in [6.07, 6.45) is 7.92. The molecule has 9 atom stereocenters. The highest BCUT2D eigenvalue weighted by molar-refractivity contribution is 5.99. The van der Waals surface area contributed by atoms with Crippen molar-refractivity contribution in [2.24, 2.45) is 11.8 Å². The molecule has 2 bridgehead atoms. The number of carbonyl (C=O) groups is 2. The van der Waals surface area contributed by atoms with E-state index in [1.54, 1.807) is 52.2 Å². The molecule has 2 aliphatic rings. The van der Waals surface area contributed by atoms with E-state index in [9.17, 15) is 24.9 Å². The van der Waals surface area contributed by atoms with Crippen LogP contribution in [0.1, 0.15) is 54.4 Å². The smallest absolute Gasteiger partial charge is 0.334 e. The monoisotopic (exact) mass is 532 g/mol. The maximum Gasteiger partial charge on any atom is 0.334 e. The van der Waals surface area contributed by atoms with E-state index in [0.29, 0.717) is 18.4 Å². The number of hydrogen-bond donors (Lipinski definition) is 3. The number of Topliss-reactive ketones (excluding diaryl/α,β-unsaturated/α-hetero) is 1. The van der Waals surface area contributed by atoms with Crippen LogP contribution >= 0.6 is 0 Å². The zero-order valence-electron chi connectivity index (χ0n) is 23.5. The Kier molecular flexibility index (Phi) is 12.3. The first-order valence-corrected chi connectivity index (χ1v) is 13.2. The molecule has 8 heteroatoms. The van der Waals surface area contributed by atoms with E-state index in [1.165, 1.54) is 13.0 Å². The lowest BCUT2D eigenvalue weighted by Gasteiger charge is -2.27. The molecule has 8 nitrogen and oxygen atoms in total. The molecule has 3 N–H and O–H groups in total. The fourth-order valence-corrected chi connectivity index (χ4v) is 4.49. The number of aliphatic hydroxyl groups excluding tert-OH is 3. The average molecular weight is 533 g/mol. The molecule has 2 heterocycles. The van der Waals surface area contributed by atoms with E-state index in [2.05, 4.69) is 0 Å². The lowest BCUT2D eigenvalue weighted by atomic mass is 9.93. The van der Waals surface area contributed by atoms with Crippen molar-refractivity contribution in [2.75, 3.05) is 7.11 Å². The average Bonchev–Trinajstić information content (AvgIpc) is 3.29. The van der Waals surface area contributed by atoms with E-state index in [0.717, 1.165) is 5.57 Å². The van der Waals surface area contributed by atoms with Gasteiger partial charge in [-0.2, -0.15) is 0 Å². The van der Waals surface area contributed by atoms with Crippen LogP contribution in [0, 0.1) is 11.8 Å². The number of fused-ring (bicyclic) bond motifs is 2. The third-order valence-corrected chi connectivity index (χ3v) is 7.22. The molecule has 1 fully saturated rings. The Morgan fingerprint density at radius 3 is 2.42 bits per heavy atom. The van der Waals surface area contributed by atoms with Crippen LogP contribution < -0.4 is 0 Å². The molecule has 0 spiro atoms. The number of aliphatic hydroxyl groups is 3. The normalized spacial score (nSPS) is 38.9. The van der Waals surface area contributed by atoms with Crippen molar-refractivity contribution in [1.82, 2.24) is 0 Å². The van der Waals surface area contributed by atoms with Crippen LogP contribution in [0.2, 0.25) is 0 Å². The van der Waals surface area contributed by atoms with E-state index >= 15 is 0 Å². The second kappa shape index (κ2) is 14.7. The standard InChI is InChI=1S/C30H44O8/c1-17-10-8-9-11-23(32)18(2)15-28-27(36-7)16-26(37-28)21(5)25(13-12-24(33)22(6)31)38-30(35)20(4)14-19(3)29(17)34/h8-10,12-15,19,21-28,31-33H,11,16H2,1-7H3/b9-8-,13-12+,17-10-,18-15-,20-14-/t19-,21-,22-,23+,24+,25+,26+,27-,28-/m0/s1. The quantitative estimate of drug-likeness (QED) is 0.372. The van der Waals surface area contributed by atoms with Gasteiger partial charge in [0.15, 0.2) is 5.78 Å². The Morgan fingerprint density at radius 2 is 1.79 bits per heavy atom. The van der Waals surface area contributed by atoms with Gasteiger partial charge in [-0.25, -0.2) is 4.79 Å². The third kappa shape index (κ3) is 8.85. The van der Waals surface area contributed by atoms with Gasteiger partial charge in [0, 0.05) is 30.9 Å². The topological polar surface area (TPSA) is 123 Å². The minimum Gasteiger partial charge on any atom is -0.454 e. The molecule has 0 radical (unpaired) electrons. The predicted molar refractivity (Wildman–Crippen MR) is 145 cm³/mol. The van der Waals surface area contributed by atoms with Crippen molar-refractivity contribution in [1.29, 1.82) is 0 Å². The Hall–Kier alpha value is -2.36. The van der Waals surface area contributed by atoms with Gasteiger partial charge in [-0.05, 0) is 51.3 Å². The van der Waals surface area contributed by atoms with Gasteiger partial charge >= 0.3 is 5.97 Å². The first-order chi connectivity index (χ1) is 17.8. The molecule has 0 saturated carbocycles. The first kappa shape index (κ1) is 31.9. The summed E-state index contributed by atoms with van der Waals surface area (Å²) in [6, 6.07) is 0. The molecule has 2 rings (SSSR count). The molecular formula is C30H44O8. The van der Waals surface area contributed by atoms with Crippen molar-refractivity contribution >= 4 is 11.8 Å². The van der Waals surface area contributed by atoms with Gasteiger partial charge in [-0.3, -0.25) is 4.79 Å². The van der Waals surface area contributed by atoms with Gasteiger partial charge in [0.25, 0.3) is 0 Å². The number of ether oxygens (including phenoxy) is 3. The number of rotatable bonds is 4. The highest BCUT2D eigenvalue weighted by Gasteiger charge is 2.40. The summed E-state index contributed by atoms with van der Waals surface area (Å²) in [5.74, 6) is -1.60. The number of carbonyl (C=O) groups excluding carboxylic acids is 2. The van der Waals surface area contributed by atoms with Gasteiger partial charge in [-0.1, -0.05) is 50.3 Å². The van der Waals surface area contributed by atoms with Gasteiger partial charge in [0.1, 0.15) is 12.2 Å². The third-order valence-electron chi connectivity index (χ3n) is 7.22. The molecule has 212 valence electrons. The van der Waals surface area contributed by atoms with E-state index < -0.39 is 42.4 Å². The fourth-order valence-electron chi connectivity index (χ4n) is 4.49.